The Labute approximate surface area is 203 Å². The third kappa shape index (κ3) is 16.6. The molecule has 158 valence electrons. The van der Waals surface area contributed by atoms with Gasteiger partial charge in [-0.3, -0.25) is 9.59 Å². The van der Waals surface area contributed by atoms with Gasteiger partial charge in [0.15, 0.2) is 0 Å². The van der Waals surface area contributed by atoms with Crippen LogP contribution in [0.5, 0.6) is 0 Å². The van der Waals surface area contributed by atoms with E-state index in [1.54, 1.807) is 0 Å². The van der Waals surface area contributed by atoms with E-state index in [2.05, 4.69) is 9.47 Å². The van der Waals surface area contributed by atoms with Crippen molar-refractivity contribution in [1.82, 2.24) is 0 Å². The number of carbonyl (C=O) groups is 4. The Morgan fingerprint density at radius 1 is 0.679 bits per heavy atom. The van der Waals surface area contributed by atoms with Gasteiger partial charge in [-0.2, -0.15) is 0 Å². The van der Waals surface area contributed by atoms with E-state index in [1.807, 2.05) is 0 Å². The first kappa shape index (κ1) is 32.3. The Kier molecular flexibility index (Phi) is 23.0. The molecule has 2 atom stereocenters. The second-order valence-electron chi connectivity index (χ2n) is 5.87. The minimum Gasteiger partial charge on any atom is -1.00 e. The average Bonchev–Trinajstić information content (AvgIpc) is 2.60. The molecule has 28 heavy (non-hydrogen) atoms. The Morgan fingerprint density at radius 2 is 1.00 bits per heavy atom. The van der Waals surface area contributed by atoms with Gasteiger partial charge in [-0.25, -0.2) is 9.59 Å². The molecule has 10 nitrogen and oxygen atoms in total. The molecule has 0 aromatic heterocycles. The van der Waals surface area contributed by atoms with Crippen molar-refractivity contribution in [3.8, 4) is 0 Å². The normalized spacial score (nSPS) is 12.0. The van der Waals surface area contributed by atoms with Crippen molar-refractivity contribution in [3.05, 3.63) is 0 Å². The zero-order valence-corrected chi connectivity index (χ0v) is 19.2. The summed E-state index contributed by atoms with van der Waals surface area (Å²) in [5.74, 6) is -3.56. The third-order valence-electron chi connectivity index (χ3n) is 3.51. The minimum absolute atomic E-state index is 0. The van der Waals surface area contributed by atoms with Crippen molar-refractivity contribution < 1.29 is 34.4 Å². The van der Waals surface area contributed by atoms with E-state index < -0.39 is 48.8 Å². The number of hydrogen-bond donors (Lipinski definition) is 4. The second kappa shape index (κ2) is 19.9. The summed E-state index contributed by atoms with van der Waals surface area (Å²) >= 11 is 0. The van der Waals surface area contributed by atoms with E-state index in [0.717, 1.165) is 0 Å². The van der Waals surface area contributed by atoms with E-state index >= 15 is 0 Å². The molecular weight excluding hydrogens is 393 g/mol. The predicted molar refractivity (Wildman–Crippen MR) is 109 cm³/mol. The molecule has 0 aromatic rings. The van der Waals surface area contributed by atoms with Crippen LogP contribution in [0.25, 0.3) is 0 Å². The topological polar surface area (TPSA) is 191 Å². The number of esters is 4. The molecule has 0 spiro atoms. The molecule has 0 aliphatic carbocycles. The minimum atomic E-state index is -0.925. The van der Waals surface area contributed by atoms with Crippen LogP contribution in [0.2, 0.25) is 0 Å². The van der Waals surface area contributed by atoms with Crippen LogP contribution in [-0.2, 0) is 28.7 Å². The molecule has 0 rings (SSSR count). The molecule has 0 unspecified atom stereocenters. The van der Waals surface area contributed by atoms with Crippen LogP contribution in [0.3, 0.4) is 0 Å². The average molecular weight is 427 g/mol. The van der Waals surface area contributed by atoms with E-state index in [9.17, 15) is 19.2 Å². The molecule has 0 heterocycles. The van der Waals surface area contributed by atoms with Gasteiger partial charge < -0.3 is 38.1 Å². The van der Waals surface area contributed by atoms with Crippen LogP contribution >= 0.6 is 0 Å². The van der Waals surface area contributed by atoms with Crippen molar-refractivity contribution in [2.45, 2.75) is 63.5 Å². The van der Waals surface area contributed by atoms with Gasteiger partial charge in [0.2, 0.25) is 0 Å². The molecule has 0 aliphatic rings. The first-order chi connectivity index (χ1) is 12.3. The van der Waals surface area contributed by atoms with Gasteiger partial charge in [0.1, 0.15) is 12.1 Å². The molecule has 8 N–H and O–H groups in total. The monoisotopic (exact) mass is 426 g/mol. The van der Waals surface area contributed by atoms with Crippen LogP contribution in [0.15, 0.2) is 0 Å². The summed E-state index contributed by atoms with van der Waals surface area (Å²) in [6.45, 7) is 0.969. The maximum absolute atomic E-state index is 11.6. The maximum Gasteiger partial charge on any atom is 2.00 e. The van der Waals surface area contributed by atoms with E-state index in [-0.39, 0.29) is 51.8 Å². The second-order valence-corrected chi connectivity index (χ2v) is 5.87. The Morgan fingerprint density at radius 3 is 1.29 bits per heavy atom. The van der Waals surface area contributed by atoms with Gasteiger partial charge in [0, 0.05) is 0 Å². The zero-order valence-electron chi connectivity index (χ0n) is 20.4. The summed E-state index contributed by atoms with van der Waals surface area (Å²) in [5, 5.41) is 0. The molecule has 0 fully saturated rings. The van der Waals surface area contributed by atoms with Gasteiger partial charge in [0.25, 0.3) is 0 Å². The van der Waals surface area contributed by atoms with Crippen LogP contribution in [0.4, 0.5) is 0 Å². The SMILES string of the molecule is NCCCC[C@H](N)C(=O)OC(=O)CCC(=O)OC(=O)[C@@H](N)CCCCN.[H-].[H-].[H-].[H-].[Mg+2].[Mg+2]. The first-order valence-electron chi connectivity index (χ1n) is 8.72. The summed E-state index contributed by atoms with van der Waals surface area (Å²) in [4.78, 5) is 46.3. The molecule has 0 saturated heterocycles. The van der Waals surface area contributed by atoms with Crippen molar-refractivity contribution in [3.63, 3.8) is 0 Å². The third-order valence-corrected chi connectivity index (χ3v) is 3.51. The van der Waals surface area contributed by atoms with Gasteiger partial charge in [-0.15, -0.1) is 0 Å². The molecule has 0 radical (unpaired) electrons. The summed E-state index contributed by atoms with van der Waals surface area (Å²) in [7, 11) is 0. The van der Waals surface area contributed by atoms with Crippen molar-refractivity contribution in [2.24, 2.45) is 22.9 Å². The summed E-state index contributed by atoms with van der Waals surface area (Å²) < 4.78 is 9.10. The van der Waals surface area contributed by atoms with Crippen LogP contribution in [0.1, 0.15) is 57.1 Å². The van der Waals surface area contributed by atoms with E-state index in [1.165, 1.54) is 0 Å². The fourth-order valence-corrected chi connectivity index (χ4v) is 1.93. The van der Waals surface area contributed by atoms with Gasteiger partial charge >= 0.3 is 70.0 Å². The predicted octanol–water partition coefficient (Wildman–Crippen LogP) is -1.49. The van der Waals surface area contributed by atoms with E-state index in [0.29, 0.717) is 51.6 Å². The molecule has 0 aliphatic heterocycles. The van der Waals surface area contributed by atoms with Crippen molar-refractivity contribution in [1.29, 1.82) is 0 Å². The summed E-state index contributed by atoms with van der Waals surface area (Å²) in [6.07, 6.45) is 2.59. The molecule has 0 bridgehead atoms. The summed E-state index contributed by atoms with van der Waals surface area (Å²) in [6, 6.07) is -1.85. The fourth-order valence-electron chi connectivity index (χ4n) is 1.93. The molecule has 0 saturated carbocycles. The Balaban J connectivity index is -0.000000208. The fraction of sp³-hybridized carbons (Fsp3) is 0.750. The van der Waals surface area contributed by atoms with Gasteiger partial charge in [-0.1, -0.05) is 12.8 Å². The molecule has 0 amide bonds. The maximum atomic E-state index is 11.6. The quantitative estimate of drug-likeness (QED) is 0.117. The Hall–Kier alpha value is -0.348. The van der Waals surface area contributed by atoms with Crippen molar-refractivity contribution >= 4 is 70.0 Å². The van der Waals surface area contributed by atoms with Gasteiger partial charge in [0.05, 0.1) is 12.8 Å². The molecule has 12 heteroatoms. The first-order valence-corrected chi connectivity index (χ1v) is 8.72. The standard InChI is InChI=1S/C16H30N4O6.2Mg.4H/c17-9-3-1-5-11(19)15(23)25-13(21)7-8-14(22)26-16(24)12(20)6-2-4-10-18;;;;;;/h11-12H,1-10,17-20H2;;;;;;/q;2*+2;4*-1/t11-,12-;;;;;;/m0....../s1. The van der Waals surface area contributed by atoms with Crippen LogP contribution in [-0.4, -0.2) is 95.2 Å². The zero-order chi connectivity index (χ0) is 19.9. The number of nitrogens with two attached hydrogens (primary N) is 4. The van der Waals surface area contributed by atoms with Gasteiger partial charge in [-0.05, 0) is 38.8 Å². The van der Waals surface area contributed by atoms with E-state index in [4.69, 9.17) is 22.9 Å². The molecular formula is C16H34Mg2N4O6. The number of rotatable bonds is 13. The summed E-state index contributed by atoms with van der Waals surface area (Å²) in [5.41, 5.74) is 21.8. The number of hydrogen-bond acceptors (Lipinski definition) is 10. The largest absolute Gasteiger partial charge is 2.00 e. The number of ether oxygens (including phenoxy) is 2. The number of unbranched alkanes of at least 4 members (excludes halogenated alkanes) is 2. The van der Waals surface area contributed by atoms with Crippen LogP contribution in [0, 0.1) is 0 Å². The molecule has 0 aromatic carbocycles. The number of carbonyl (C=O) groups excluding carboxylic acids is 4. The van der Waals surface area contributed by atoms with Crippen LogP contribution < -0.4 is 22.9 Å². The smallest absolute Gasteiger partial charge is 1.00 e. The van der Waals surface area contributed by atoms with Crippen molar-refractivity contribution in [2.75, 3.05) is 13.1 Å². The Bertz CT molecular complexity index is 457.